The first-order valence-electron chi connectivity index (χ1n) is 10.1. The quantitative estimate of drug-likeness (QED) is 0.813. The molecule has 2 aromatic rings. The van der Waals surface area contributed by atoms with Gasteiger partial charge < -0.3 is 14.7 Å². The Morgan fingerprint density at radius 2 is 1.54 bits per heavy atom. The number of carbonyl (C=O) groups is 1. The van der Waals surface area contributed by atoms with Crippen molar-refractivity contribution in [2.24, 2.45) is 0 Å². The zero-order valence-corrected chi connectivity index (χ0v) is 17.0. The van der Waals surface area contributed by atoms with Crippen LogP contribution in [0.2, 0.25) is 0 Å². The van der Waals surface area contributed by atoms with Crippen molar-refractivity contribution in [3.8, 4) is 0 Å². The third-order valence-corrected chi connectivity index (χ3v) is 5.23. The third kappa shape index (κ3) is 4.93. The number of benzene rings is 2. The molecule has 3 rings (SSSR count). The number of aliphatic hydroxyl groups is 1. The van der Waals surface area contributed by atoms with E-state index in [-0.39, 0.29) is 18.1 Å². The van der Waals surface area contributed by atoms with E-state index in [0.29, 0.717) is 6.54 Å². The summed E-state index contributed by atoms with van der Waals surface area (Å²) in [5.41, 5.74) is 1.55. The minimum atomic E-state index is -0.711. The molecular weight excluding hydrogens is 350 g/mol. The second kappa shape index (κ2) is 8.78. The van der Waals surface area contributed by atoms with Gasteiger partial charge in [0.15, 0.2) is 0 Å². The van der Waals surface area contributed by atoms with Gasteiger partial charge in [-0.2, -0.15) is 0 Å². The highest BCUT2D eigenvalue weighted by molar-refractivity contribution is 5.69. The summed E-state index contributed by atoms with van der Waals surface area (Å²) < 4.78 is 5.62. The maximum atomic E-state index is 12.8. The lowest BCUT2D eigenvalue weighted by molar-refractivity contribution is -0.0196. The van der Waals surface area contributed by atoms with Crippen LogP contribution in [0.3, 0.4) is 0 Å². The maximum Gasteiger partial charge on any atom is 0.410 e. The Morgan fingerprint density at radius 1 is 1.00 bits per heavy atom. The van der Waals surface area contributed by atoms with Crippen LogP contribution in [-0.2, 0) is 4.74 Å². The monoisotopic (exact) mass is 381 g/mol. The Kier molecular flexibility index (Phi) is 6.40. The fourth-order valence-electron chi connectivity index (χ4n) is 3.99. The second-order valence-corrected chi connectivity index (χ2v) is 8.53. The number of carbonyl (C=O) groups excluding carboxylic acids is 1. The number of hydrogen-bond donors (Lipinski definition) is 1. The van der Waals surface area contributed by atoms with Gasteiger partial charge in [-0.3, -0.25) is 0 Å². The van der Waals surface area contributed by atoms with Crippen molar-refractivity contribution >= 4 is 6.09 Å². The van der Waals surface area contributed by atoms with E-state index in [2.05, 4.69) is 0 Å². The van der Waals surface area contributed by atoms with Gasteiger partial charge in [-0.1, -0.05) is 60.7 Å². The molecule has 0 aromatic heterocycles. The van der Waals surface area contributed by atoms with Crippen LogP contribution < -0.4 is 0 Å². The molecule has 150 valence electrons. The summed E-state index contributed by atoms with van der Waals surface area (Å²) in [6, 6.07) is 19.8. The highest BCUT2D eigenvalue weighted by atomic mass is 16.6. The average molecular weight is 382 g/mol. The van der Waals surface area contributed by atoms with Gasteiger partial charge in [-0.25, -0.2) is 4.79 Å². The minimum Gasteiger partial charge on any atom is -0.444 e. The average Bonchev–Trinajstić information content (AvgIpc) is 2.68. The fourth-order valence-corrected chi connectivity index (χ4v) is 3.99. The van der Waals surface area contributed by atoms with Crippen molar-refractivity contribution in [3.63, 3.8) is 0 Å². The smallest absolute Gasteiger partial charge is 0.410 e. The van der Waals surface area contributed by atoms with Crippen LogP contribution in [0, 0.1) is 0 Å². The van der Waals surface area contributed by atoms with E-state index in [1.54, 1.807) is 4.90 Å². The summed E-state index contributed by atoms with van der Waals surface area (Å²) in [7, 11) is 0. The number of ether oxygens (including phenoxy) is 1. The topological polar surface area (TPSA) is 49.8 Å². The Balaban J connectivity index is 1.92. The molecule has 0 spiro atoms. The highest BCUT2D eigenvalue weighted by Crippen LogP contribution is 2.34. The molecule has 1 saturated heterocycles. The van der Waals surface area contributed by atoms with Gasteiger partial charge in [0.2, 0.25) is 0 Å². The molecular formula is C24H31NO3. The van der Waals surface area contributed by atoms with E-state index in [9.17, 15) is 9.90 Å². The summed E-state index contributed by atoms with van der Waals surface area (Å²) in [6.07, 6.45) is 1.66. The molecule has 1 fully saturated rings. The number of hydrogen-bond acceptors (Lipinski definition) is 3. The lowest BCUT2D eigenvalue weighted by Gasteiger charge is -2.41. The Hall–Kier alpha value is -2.33. The molecule has 1 amide bonds. The van der Waals surface area contributed by atoms with E-state index in [4.69, 9.17) is 4.74 Å². The molecule has 0 bridgehead atoms. The van der Waals surface area contributed by atoms with E-state index in [0.717, 1.165) is 30.4 Å². The second-order valence-electron chi connectivity index (χ2n) is 8.53. The summed E-state index contributed by atoms with van der Waals surface area (Å²) in [6.45, 7) is 6.23. The van der Waals surface area contributed by atoms with Crippen LogP contribution in [0.25, 0.3) is 0 Å². The standard InChI is InChI=1S/C24H31NO3/c1-24(2,3)28-23(27)25-17-11-10-16-20(25)22(26)21(18-12-6-4-7-13-18)19-14-8-5-9-15-19/h4-9,12-15,20-22,26H,10-11,16-17H2,1-3H3. The number of piperidine rings is 1. The molecule has 28 heavy (non-hydrogen) atoms. The van der Waals surface area contributed by atoms with Crippen LogP contribution in [0.5, 0.6) is 0 Å². The van der Waals surface area contributed by atoms with Gasteiger partial charge >= 0.3 is 6.09 Å². The minimum absolute atomic E-state index is 0.199. The van der Waals surface area contributed by atoms with Crippen molar-refractivity contribution in [2.45, 2.75) is 63.7 Å². The predicted octanol–water partition coefficient (Wildman–Crippen LogP) is 4.97. The van der Waals surface area contributed by atoms with Crippen LogP contribution in [0.4, 0.5) is 4.79 Å². The third-order valence-electron chi connectivity index (χ3n) is 5.23. The predicted molar refractivity (Wildman–Crippen MR) is 111 cm³/mol. The van der Waals surface area contributed by atoms with Crippen molar-refractivity contribution in [1.82, 2.24) is 4.90 Å². The molecule has 2 aromatic carbocycles. The summed E-state index contributed by atoms with van der Waals surface area (Å²) in [5, 5.41) is 11.5. The number of amides is 1. The zero-order chi connectivity index (χ0) is 20.1. The van der Waals surface area contributed by atoms with Gasteiger partial charge in [0.25, 0.3) is 0 Å². The first kappa shape index (κ1) is 20.4. The highest BCUT2D eigenvalue weighted by Gasteiger charge is 2.38. The van der Waals surface area contributed by atoms with Gasteiger partial charge in [0, 0.05) is 12.5 Å². The Morgan fingerprint density at radius 3 is 2.04 bits per heavy atom. The van der Waals surface area contributed by atoms with E-state index in [1.807, 2.05) is 81.4 Å². The SMILES string of the molecule is CC(C)(C)OC(=O)N1CCCCC1C(O)C(c1ccccc1)c1ccccc1. The Bertz CT molecular complexity index is 715. The van der Waals surface area contributed by atoms with Crippen LogP contribution in [0.15, 0.2) is 60.7 Å². The normalized spacial score (nSPS) is 18.8. The molecule has 2 atom stereocenters. The van der Waals surface area contributed by atoms with Crippen molar-refractivity contribution in [1.29, 1.82) is 0 Å². The van der Waals surface area contributed by atoms with Gasteiger partial charge in [-0.05, 0) is 51.2 Å². The molecule has 1 heterocycles. The summed E-state index contributed by atoms with van der Waals surface area (Å²) in [4.78, 5) is 14.6. The molecule has 1 aliphatic heterocycles. The fraction of sp³-hybridized carbons (Fsp3) is 0.458. The van der Waals surface area contributed by atoms with Crippen molar-refractivity contribution in [3.05, 3.63) is 71.8 Å². The molecule has 2 unspecified atom stereocenters. The molecule has 1 aliphatic rings. The van der Waals surface area contributed by atoms with Gasteiger partial charge in [-0.15, -0.1) is 0 Å². The lowest BCUT2D eigenvalue weighted by Crippen LogP contribution is -2.52. The molecule has 4 nitrogen and oxygen atoms in total. The summed E-state index contributed by atoms with van der Waals surface area (Å²) >= 11 is 0. The van der Waals surface area contributed by atoms with Crippen LogP contribution in [-0.4, -0.2) is 40.4 Å². The van der Waals surface area contributed by atoms with Crippen LogP contribution >= 0.6 is 0 Å². The maximum absolute atomic E-state index is 12.8. The van der Waals surface area contributed by atoms with E-state index < -0.39 is 11.7 Å². The molecule has 0 radical (unpaired) electrons. The van der Waals surface area contributed by atoms with Crippen LogP contribution in [0.1, 0.15) is 57.1 Å². The zero-order valence-electron chi connectivity index (χ0n) is 17.0. The largest absolute Gasteiger partial charge is 0.444 e. The number of rotatable bonds is 4. The van der Waals surface area contributed by atoms with Gasteiger partial charge in [0.1, 0.15) is 5.60 Å². The molecule has 0 aliphatic carbocycles. The lowest BCUT2D eigenvalue weighted by atomic mass is 9.81. The van der Waals surface area contributed by atoms with Crippen molar-refractivity contribution < 1.29 is 14.6 Å². The molecule has 0 saturated carbocycles. The first-order valence-corrected chi connectivity index (χ1v) is 10.1. The van der Waals surface area contributed by atoms with E-state index in [1.165, 1.54) is 0 Å². The van der Waals surface area contributed by atoms with E-state index >= 15 is 0 Å². The summed E-state index contributed by atoms with van der Waals surface area (Å²) in [5.74, 6) is -0.199. The first-order chi connectivity index (χ1) is 13.4. The molecule has 4 heteroatoms. The van der Waals surface area contributed by atoms with Crippen molar-refractivity contribution in [2.75, 3.05) is 6.54 Å². The number of likely N-dealkylation sites (tertiary alicyclic amines) is 1. The van der Waals surface area contributed by atoms with Gasteiger partial charge in [0.05, 0.1) is 12.1 Å². The Labute approximate surface area is 168 Å². The molecule has 1 N–H and O–H groups in total. The number of nitrogens with zero attached hydrogens (tertiary/aromatic N) is 1. The number of aliphatic hydroxyl groups excluding tert-OH is 1.